The normalized spacial score (nSPS) is 26.1. The number of aromatic nitrogens is 1. The average molecular weight is 290 g/mol. The number of pyridine rings is 1. The lowest BCUT2D eigenvalue weighted by Crippen LogP contribution is -2.29. The summed E-state index contributed by atoms with van der Waals surface area (Å²) in [4.78, 5) is 4.63. The summed E-state index contributed by atoms with van der Waals surface area (Å²) in [6, 6.07) is 4.65. The molecule has 0 bridgehead atoms. The molecule has 21 heavy (non-hydrogen) atoms. The van der Waals surface area contributed by atoms with Crippen molar-refractivity contribution in [3.05, 3.63) is 23.4 Å². The van der Waals surface area contributed by atoms with E-state index in [0.717, 1.165) is 42.8 Å². The van der Waals surface area contributed by atoms with E-state index in [1.54, 1.807) is 0 Å². The van der Waals surface area contributed by atoms with E-state index in [1.807, 2.05) is 6.07 Å². The minimum absolute atomic E-state index is 0.336. The van der Waals surface area contributed by atoms with Crippen LogP contribution >= 0.6 is 0 Å². The molecule has 1 aromatic heterocycles. The zero-order chi connectivity index (χ0) is 15.4. The third-order valence-electron chi connectivity index (χ3n) is 4.71. The smallest absolute Gasteiger partial charge is 0.213 e. The summed E-state index contributed by atoms with van der Waals surface area (Å²) in [6.45, 7) is 11.9. The molecule has 1 saturated carbocycles. The molecule has 0 aliphatic heterocycles. The Morgan fingerprint density at radius 3 is 2.62 bits per heavy atom. The van der Waals surface area contributed by atoms with Gasteiger partial charge in [-0.25, -0.2) is 4.98 Å². The lowest BCUT2D eigenvalue weighted by atomic mass is 9.80. The van der Waals surface area contributed by atoms with Crippen LogP contribution in [0.1, 0.15) is 58.2 Å². The Kier molecular flexibility index (Phi) is 5.63. The zero-order valence-corrected chi connectivity index (χ0v) is 14.1. The van der Waals surface area contributed by atoms with Crippen LogP contribution in [0.3, 0.4) is 0 Å². The number of nitrogens with zero attached hydrogens (tertiary/aromatic N) is 1. The number of rotatable bonds is 5. The van der Waals surface area contributed by atoms with E-state index >= 15 is 0 Å². The lowest BCUT2D eigenvalue weighted by molar-refractivity contribution is 0.0963. The molecule has 1 N–H and O–H groups in total. The predicted octanol–water partition coefficient (Wildman–Crippen LogP) is 4.09. The van der Waals surface area contributed by atoms with E-state index in [1.165, 1.54) is 12.0 Å². The van der Waals surface area contributed by atoms with Crippen molar-refractivity contribution in [3.8, 4) is 5.88 Å². The molecule has 3 unspecified atom stereocenters. The molecule has 1 heterocycles. The fourth-order valence-corrected chi connectivity index (χ4v) is 2.91. The van der Waals surface area contributed by atoms with Crippen molar-refractivity contribution in [2.24, 2.45) is 11.8 Å². The number of hydrogen-bond acceptors (Lipinski definition) is 3. The highest BCUT2D eigenvalue weighted by Crippen LogP contribution is 2.31. The molecule has 0 spiro atoms. The molecule has 118 valence electrons. The molecular weight excluding hydrogens is 260 g/mol. The van der Waals surface area contributed by atoms with Crippen LogP contribution in [0.4, 0.5) is 0 Å². The van der Waals surface area contributed by atoms with E-state index in [-0.39, 0.29) is 0 Å². The van der Waals surface area contributed by atoms with Gasteiger partial charge >= 0.3 is 0 Å². The fourth-order valence-electron chi connectivity index (χ4n) is 2.91. The van der Waals surface area contributed by atoms with Gasteiger partial charge in [0.2, 0.25) is 5.88 Å². The molecule has 3 nitrogen and oxygen atoms in total. The molecule has 2 rings (SSSR count). The van der Waals surface area contributed by atoms with Gasteiger partial charge < -0.3 is 10.1 Å². The number of ether oxygens (including phenoxy) is 1. The minimum atomic E-state index is 0.336. The molecule has 1 aliphatic carbocycles. The summed E-state index contributed by atoms with van der Waals surface area (Å²) >= 11 is 0. The minimum Gasteiger partial charge on any atom is -0.474 e. The molecule has 1 aromatic rings. The molecule has 0 amide bonds. The van der Waals surface area contributed by atoms with Gasteiger partial charge in [-0.2, -0.15) is 0 Å². The highest BCUT2D eigenvalue weighted by atomic mass is 16.5. The van der Waals surface area contributed by atoms with Crippen molar-refractivity contribution in [2.45, 2.75) is 72.6 Å². The van der Waals surface area contributed by atoms with E-state index < -0.39 is 0 Å². The van der Waals surface area contributed by atoms with Crippen LogP contribution in [0.25, 0.3) is 0 Å². The van der Waals surface area contributed by atoms with Gasteiger partial charge in [0.25, 0.3) is 0 Å². The average Bonchev–Trinajstić information content (AvgIpc) is 2.42. The number of aryl methyl sites for hydroxylation is 1. The van der Waals surface area contributed by atoms with Crippen molar-refractivity contribution in [1.29, 1.82) is 0 Å². The molecule has 0 aromatic carbocycles. The maximum atomic E-state index is 6.10. The zero-order valence-electron chi connectivity index (χ0n) is 14.1. The number of nitrogens with one attached hydrogen (secondary N) is 1. The van der Waals surface area contributed by atoms with Crippen molar-refractivity contribution in [3.63, 3.8) is 0 Å². The maximum absolute atomic E-state index is 6.10. The third-order valence-corrected chi connectivity index (χ3v) is 4.71. The van der Waals surface area contributed by atoms with Gasteiger partial charge in [-0.3, -0.25) is 0 Å². The SMILES string of the molecule is Cc1nc(OC2CCC(C)C(C)C2)ccc1CNC(C)C. The Balaban J connectivity index is 1.94. The third kappa shape index (κ3) is 4.70. The Hall–Kier alpha value is -1.09. The van der Waals surface area contributed by atoms with E-state index in [2.05, 4.69) is 51.0 Å². The van der Waals surface area contributed by atoms with Gasteiger partial charge in [-0.1, -0.05) is 33.8 Å². The van der Waals surface area contributed by atoms with Gasteiger partial charge in [0, 0.05) is 24.3 Å². The Bertz CT molecular complexity index is 459. The van der Waals surface area contributed by atoms with E-state index in [4.69, 9.17) is 4.74 Å². The Morgan fingerprint density at radius 1 is 1.24 bits per heavy atom. The first-order valence-corrected chi connectivity index (χ1v) is 8.32. The van der Waals surface area contributed by atoms with Crippen molar-refractivity contribution in [2.75, 3.05) is 0 Å². The molecule has 1 fully saturated rings. The predicted molar refractivity (Wildman–Crippen MR) is 87.5 cm³/mol. The quantitative estimate of drug-likeness (QED) is 0.887. The standard InChI is InChI=1S/C18H30N2O/c1-12(2)19-11-16-7-9-18(20-15(16)5)21-17-8-6-13(3)14(4)10-17/h7,9,12-14,17,19H,6,8,10-11H2,1-5H3. The second kappa shape index (κ2) is 7.26. The summed E-state index contributed by atoms with van der Waals surface area (Å²) in [5.74, 6) is 2.36. The van der Waals surface area contributed by atoms with Crippen LogP contribution in [0, 0.1) is 18.8 Å². The van der Waals surface area contributed by atoms with Crippen molar-refractivity contribution < 1.29 is 4.74 Å². The molecular formula is C18H30N2O. The van der Waals surface area contributed by atoms with Gasteiger partial charge in [0.05, 0.1) is 0 Å². The highest BCUT2D eigenvalue weighted by molar-refractivity contribution is 5.25. The first kappa shape index (κ1) is 16.3. The Morgan fingerprint density at radius 2 is 2.00 bits per heavy atom. The molecule has 0 saturated heterocycles. The summed E-state index contributed by atoms with van der Waals surface area (Å²) in [5.41, 5.74) is 2.32. The van der Waals surface area contributed by atoms with Gasteiger partial charge in [0.15, 0.2) is 0 Å². The first-order chi connectivity index (χ1) is 9.95. The monoisotopic (exact) mass is 290 g/mol. The lowest BCUT2D eigenvalue weighted by Gasteiger charge is -2.32. The molecule has 3 atom stereocenters. The summed E-state index contributed by atoms with van der Waals surface area (Å²) in [6.07, 6.45) is 3.91. The van der Waals surface area contributed by atoms with Crippen LogP contribution in [-0.2, 0) is 6.54 Å². The second-order valence-corrected chi connectivity index (χ2v) is 6.94. The van der Waals surface area contributed by atoms with Crippen LogP contribution < -0.4 is 10.1 Å². The molecule has 3 heteroatoms. The summed E-state index contributed by atoms with van der Waals surface area (Å²) in [7, 11) is 0. The van der Waals surface area contributed by atoms with Gasteiger partial charge in [-0.15, -0.1) is 0 Å². The topological polar surface area (TPSA) is 34.1 Å². The molecule has 1 aliphatic rings. The van der Waals surface area contributed by atoms with Crippen LogP contribution in [0.2, 0.25) is 0 Å². The van der Waals surface area contributed by atoms with Crippen LogP contribution in [0.5, 0.6) is 5.88 Å². The van der Waals surface area contributed by atoms with E-state index in [9.17, 15) is 0 Å². The van der Waals surface area contributed by atoms with Crippen LogP contribution in [-0.4, -0.2) is 17.1 Å². The van der Waals surface area contributed by atoms with E-state index in [0.29, 0.717) is 12.1 Å². The molecule has 0 radical (unpaired) electrons. The largest absolute Gasteiger partial charge is 0.474 e. The summed E-state index contributed by atoms with van der Waals surface area (Å²) in [5, 5.41) is 3.43. The van der Waals surface area contributed by atoms with Crippen molar-refractivity contribution in [1.82, 2.24) is 10.3 Å². The number of hydrogen-bond donors (Lipinski definition) is 1. The maximum Gasteiger partial charge on any atom is 0.213 e. The first-order valence-electron chi connectivity index (χ1n) is 8.32. The van der Waals surface area contributed by atoms with Gasteiger partial charge in [0.1, 0.15) is 6.10 Å². The second-order valence-electron chi connectivity index (χ2n) is 6.94. The Labute approximate surface area is 129 Å². The fraction of sp³-hybridized carbons (Fsp3) is 0.722. The highest BCUT2D eigenvalue weighted by Gasteiger charge is 2.26. The van der Waals surface area contributed by atoms with Crippen LogP contribution in [0.15, 0.2) is 12.1 Å². The van der Waals surface area contributed by atoms with Gasteiger partial charge in [-0.05, 0) is 43.6 Å². The summed E-state index contributed by atoms with van der Waals surface area (Å²) < 4.78 is 6.10. The van der Waals surface area contributed by atoms with Crippen molar-refractivity contribution >= 4 is 0 Å².